The number of benzene rings is 7. The second-order valence-electron chi connectivity index (χ2n) is 14.0. The fourth-order valence-corrected chi connectivity index (χ4v) is 7.99. The van der Waals surface area contributed by atoms with Crippen LogP contribution in [0.5, 0.6) is 0 Å². The van der Waals surface area contributed by atoms with Gasteiger partial charge in [-0.1, -0.05) is 121 Å². The Hall–Kier alpha value is -7.90. The Balaban J connectivity index is 1.24. The van der Waals surface area contributed by atoms with Gasteiger partial charge in [0.15, 0.2) is 5.82 Å². The zero-order valence-electron chi connectivity index (χ0n) is 30.7. The molecular formula is C50H33N7. The molecule has 0 aliphatic rings. The number of hydrogen-bond donors (Lipinski definition) is 0. The minimum Gasteiger partial charge on any atom is -0.292 e. The van der Waals surface area contributed by atoms with Crippen LogP contribution in [-0.2, 0) is 0 Å². The van der Waals surface area contributed by atoms with E-state index in [1.165, 1.54) is 0 Å². The van der Waals surface area contributed by atoms with Gasteiger partial charge in [0.05, 0.1) is 50.2 Å². The molecule has 268 valence electrons. The van der Waals surface area contributed by atoms with E-state index in [1.54, 1.807) is 0 Å². The Morgan fingerprint density at radius 2 is 0.789 bits per heavy atom. The maximum absolute atomic E-state index is 5.23. The molecule has 11 rings (SSSR count). The van der Waals surface area contributed by atoms with Gasteiger partial charge in [-0.05, 0) is 78.4 Å². The monoisotopic (exact) mass is 731 g/mol. The molecule has 0 saturated heterocycles. The number of para-hydroxylation sites is 7. The molecule has 7 heteroatoms. The minimum atomic E-state index is 0.777. The molecule has 11 aromatic rings. The molecule has 4 aromatic heterocycles. The zero-order chi connectivity index (χ0) is 37.7. The van der Waals surface area contributed by atoms with Crippen molar-refractivity contribution in [3.63, 3.8) is 0 Å². The summed E-state index contributed by atoms with van der Waals surface area (Å²) < 4.78 is 6.81. The molecular weight excluding hydrogens is 699 g/mol. The third-order valence-corrected chi connectivity index (χ3v) is 10.5. The number of aromatic nitrogens is 7. The van der Waals surface area contributed by atoms with Crippen molar-refractivity contribution in [1.82, 2.24) is 33.6 Å². The van der Waals surface area contributed by atoms with E-state index >= 15 is 0 Å². The van der Waals surface area contributed by atoms with Crippen LogP contribution in [0.3, 0.4) is 0 Å². The third kappa shape index (κ3) is 5.52. The number of imidazole rings is 3. The molecule has 0 radical (unpaired) electrons. The van der Waals surface area contributed by atoms with Crippen molar-refractivity contribution in [2.45, 2.75) is 0 Å². The van der Waals surface area contributed by atoms with Crippen molar-refractivity contribution in [3.05, 3.63) is 200 Å². The van der Waals surface area contributed by atoms with Crippen LogP contribution in [0.2, 0.25) is 0 Å². The van der Waals surface area contributed by atoms with Crippen molar-refractivity contribution >= 4 is 33.1 Å². The van der Waals surface area contributed by atoms with Crippen LogP contribution in [0.4, 0.5) is 0 Å². The second-order valence-corrected chi connectivity index (χ2v) is 14.0. The highest BCUT2D eigenvalue weighted by Gasteiger charge is 2.22. The summed E-state index contributed by atoms with van der Waals surface area (Å²) in [5, 5.41) is 0. The normalized spacial score (nSPS) is 11.5. The van der Waals surface area contributed by atoms with Crippen LogP contribution < -0.4 is 0 Å². The molecule has 0 bridgehead atoms. The fraction of sp³-hybridized carbons (Fsp3) is 0. The molecule has 57 heavy (non-hydrogen) atoms. The van der Waals surface area contributed by atoms with E-state index in [2.05, 4.69) is 159 Å². The number of pyridine rings is 1. The summed E-state index contributed by atoms with van der Waals surface area (Å²) in [5.41, 5.74) is 13.6. The van der Waals surface area contributed by atoms with Crippen molar-refractivity contribution < 1.29 is 0 Å². The van der Waals surface area contributed by atoms with Crippen LogP contribution in [0.1, 0.15) is 0 Å². The number of hydrogen-bond acceptors (Lipinski definition) is 4. The molecule has 0 aliphatic carbocycles. The quantitative estimate of drug-likeness (QED) is 0.164. The third-order valence-electron chi connectivity index (χ3n) is 10.5. The molecule has 0 saturated carbocycles. The smallest absolute Gasteiger partial charge is 0.164 e. The highest BCUT2D eigenvalue weighted by atomic mass is 15.1. The van der Waals surface area contributed by atoms with E-state index in [0.29, 0.717) is 0 Å². The zero-order valence-corrected chi connectivity index (χ0v) is 30.7. The van der Waals surface area contributed by atoms with E-state index in [0.717, 1.165) is 95.6 Å². The lowest BCUT2D eigenvalue weighted by Gasteiger charge is -2.19. The van der Waals surface area contributed by atoms with Gasteiger partial charge in [0, 0.05) is 22.9 Å². The van der Waals surface area contributed by atoms with Crippen molar-refractivity contribution in [2.24, 2.45) is 0 Å². The lowest BCUT2D eigenvalue weighted by molar-refractivity contribution is 1.06. The molecule has 4 heterocycles. The Morgan fingerprint density at radius 3 is 1.33 bits per heavy atom. The SMILES string of the molecule is c1ccc(-c2nc3ccccc3n2-c2cc(-c3ccccc3-n3c(-c4ccccn4)nc4ccccc43)cc(-n3c(-c4ccccc4)nc4ccccc43)c2)cc1. The lowest BCUT2D eigenvalue weighted by Crippen LogP contribution is -2.04. The van der Waals surface area contributed by atoms with E-state index < -0.39 is 0 Å². The van der Waals surface area contributed by atoms with Gasteiger partial charge in [-0.15, -0.1) is 0 Å². The average molecular weight is 732 g/mol. The molecule has 0 N–H and O–H groups in total. The van der Waals surface area contributed by atoms with Crippen LogP contribution in [-0.4, -0.2) is 33.6 Å². The topological polar surface area (TPSA) is 66.3 Å². The first-order valence-electron chi connectivity index (χ1n) is 19.0. The molecule has 0 spiro atoms. The summed E-state index contributed by atoms with van der Waals surface area (Å²) in [7, 11) is 0. The predicted molar refractivity (Wildman–Crippen MR) is 230 cm³/mol. The summed E-state index contributed by atoms with van der Waals surface area (Å²) in [5.74, 6) is 2.51. The minimum absolute atomic E-state index is 0.777. The molecule has 0 fully saturated rings. The molecule has 7 nitrogen and oxygen atoms in total. The van der Waals surface area contributed by atoms with Gasteiger partial charge in [-0.3, -0.25) is 18.7 Å². The molecule has 0 unspecified atom stereocenters. The lowest BCUT2D eigenvalue weighted by atomic mass is 10.0. The van der Waals surface area contributed by atoms with Gasteiger partial charge in [-0.2, -0.15) is 0 Å². The first kappa shape index (κ1) is 32.5. The van der Waals surface area contributed by atoms with Gasteiger partial charge in [0.2, 0.25) is 0 Å². The second kappa shape index (κ2) is 13.4. The van der Waals surface area contributed by atoms with Gasteiger partial charge >= 0.3 is 0 Å². The summed E-state index contributed by atoms with van der Waals surface area (Å²) in [6, 6.07) is 67.2. The first-order valence-corrected chi connectivity index (χ1v) is 19.0. The Kier molecular flexibility index (Phi) is 7.67. The van der Waals surface area contributed by atoms with Crippen LogP contribution in [0.15, 0.2) is 200 Å². The van der Waals surface area contributed by atoms with Gasteiger partial charge in [-0.25, -0.2) is 15.0 Å². The fourth-order valence-electron chi connectivity index (χ4n) is 7.99. The highest BCUT2D eigenvalue weighted by Crippen LogP contribution is 2.39. The maximum Gasteiger partial charge on any atom is 0.164 e. The largest absolute Gasteiger partial charge is 0.292 e. The summed E-state index contributed by atoms with van der Waals surface area (Å²) in [4.78, 5) is 20.4. The van der Waals surface area contributed by atoms with Crippen LogP contribution in [0.25, 0.3) is 95.6 Å². The predicted octanol–water partition coefficient (Wildman–Crippen LogP) is 11.8. The Bertz CT molecular complexity index is 3100. The van der Waals surface area contributed by atoms with Gasteiger partial charge < -0.3 is 0 Å². The summed E-state index contributed by atoms with van der Waals surface area (Å²) in [6.45, 7) is 0. The van der Waals surface area contributed by atoms with Crippen molar-refractivity contribution in [3.8, 4) is 62.5 Å². The van der Waals surface area contributed by atoms with Crippen LogP contribution in [0, 0.1) is 0 Å². The van der Waals surface area contributed by atoms with E-state index in [9.17, 15) is 0 Å². The maximum atomic E-state index is 5.23. The van der Waals surface area contributed by atoms with Gasteiger partial charge in [0.1, 0.15) is 17.3 Å². The van der Waals surface area contributed by atoms with Crippen LogP contribution >= 0.6 is 0 Å². The van der Waals surface area contributed by atoms with Crippen molar-refractivity contribution in [2.75, 3.05) is 0 Å². The molecule has 7 aromatic carbocycles. The molecule has 0 amide bonds. The molecule has 0 atom stereocenters. The summed E-state index contributed by atoms with van der Waals surface area (Å²) >= 11 is 0. The Morgan fingerprint density at radius 1 is 0.333 bits per heavy atom. The van der Waals surface area contributed by atoms with E-state index in [4.69, 9.17) is 19.9 Å². The van der Waals surface area contributed by atoms with Crippen molar-refractivity contribution in [1.29, 1.82) is 0 Å². The standard InChI is InChI=1S/C50H33N7/c1-3-17-34(18-4-1)48-52-40-22-8-12-27-45(40)55(48)37-31-36(32-38(33-37)56-46-28-13-9-23-41(46)53-49(56)35-19-5-2-6-20-35)39-21-7-11-26-44(39)57-47-29-14-10-24-42(47)54-50(57)43-25-15-16-30-51-43/h1-33H. The number of rotatable bonds is 7. The van der Waals surface area contributed by atoms with E-state index in [-0.39, 0.29) is 0 Å². The van der Waals surface area contributed by atoms with Gasteiger partial charge in [0.25, 0.3) is 0 Å². The number of fused-ring (bicyclic) bond motifs is 3. The first-order chi connectivity index (χ1) is 28.3. The molecule has 0 aliphatic heterocycles. The Labute approximate surface area is 328 Å². The van der Waals surface area contributed by atoms with E-state index in [1.807, 2.05) is 54.7 Å². The average Bonchev–Trinajstić information content (AvgIpc) is 3.99. The number of nitrogens with zero attached hydrogens (tertiary/aromatic N) is 7. The summed E-state index contributed by atoms with van der Waals surface area (Å²) in [6.07, 6.45) is 1.82. The highest BCUT2D eigenvalue weighted by molar-refractivity contribution is 5.90.